The van der Waals surface area contributed by atoms with Crippen molar-refractivity contribution in [3.63, 3.8) is 0 Å². The molecule has 0 aromatic carbocycles. The van der Waals surface area contributed by atoms with Crippen LogP contribution in [0.5, 0.6) is 0 Å². The molecule has 2 aromatic heterocycles. The summed E-state index contributed by atoms with van der Waals surface area (Å²) in [6.45, 7) is 3.42. The maximum atomic E-state index is 11.7. The second kappa shape index (κ2) is 6.03. The van der Waals surface area contributed by atoms with Gasteiger partial charge in [0.1, 0.15) is 0 Å². The number of thiazole rings is 1. The zero-order valence-corrected chi connectivity index (χ0v) is 12.0. The summed E-state index contributed by atoms with van der Waals surface area (Å²) in [6.07, 6.45) is 2.88. The number of hydrogen-bond donors (Lipinski definition) is 2. The molecule has 0 aliphatic heterocycles. The third-order valence-electron chi connectivity index (χ3n) is 2.85. The molecule has 0 saturated heterocycles. The Bertz CT molecular complexity index is 561. The van der Waals surface area contributed by atoms with Crippen molar-refractivity contribution in [3.8, 4) is 0 Å². The first-order valence-corrected chi connectivity index (χ1v) is 7.17. The molecule has 6 nitrogen and oxygen atoms in total. The van der Waals surface area contributed by atoms with Gasteiger partial charge in [0.05, 0.1) is 12.2 Å². The number of rotatable bonds is 6. The van der Waals surface area contributed by atoms with Crippen molar-refractivity contribution < 1.29 is 4.79 Å². The van der Waals surface area contributed by atoms with Crippen molar-refractivity contribution in [2.24, 2.45) is 5.73 Å². The lowest BCUT2D eigenvalue weighted by Crippen LogP contribution is -2.36. The highest BCUT2D eigenvalue weighted by Crippen LogP contribution is 2.23. The van der Waals surface area contributed by atoms with E-state index in [2.05, 4.69) is 10.3 Å². The van der Waals surface area contributed by atoms with Crippen molar-refractivity contribution in [1.82, 2.24) is 14.7 Å². The van der Waals surface area contributed by atoms with Crippen molar-refractivity contribution in [1.29, 1.82) is 0 Å². The Morgan fingerprint density at radius 2 is 2.42 bits per heavy atom. The number of nitrogens with one attached hydrogen (secondary N) is 1. The van der Waals surface area contributed by atoms with Gasteiger partial charge in [0.25, 0.3) is 0 Å². The Hall–Kier alpha value is -1.60. The lowest BCUT2D eigenvalue weighted by atomic mass is 10.3. The van der Waals surface area contributed by atoms with E-state index in [0.717, 1.165) is 22.9 Å². The van der Waals surface area contributed by atoms with Crippen LogP contribution in [-0.2, 0) is 11.3 Å². The molecule has 0 unspecified atom stereocenters. The van der Waals surface area contributed by atoms with Crippen LogP contribution in [0.2, 0.25) is 0 Å². The summed E-state index contributed by atoms with van der Waals surface area (Å²) < 4.78 is 1.97. The molecule has 0 aliphatic carbocycles. The average Bonchev–Trinajstić information content (AvgIpc) is 2.95. The van der Waals surface area contributed by atoms with Gasteiger partial charge in [0.15, 0.2) is 10.8 Å². The monoisotopic (exact) mass is 281 g/mol. The second-order valence-corrected chi connectivity index (χ2v) is 5.22. The third kappa shape index (κ3) is 2.87. The third-order valence-corrected chi connectivity index (χ3v) is 3.60. The number of likely N-dealkylation sites (N-methyl/N-ethyl adjacent to an activating group) is 1. The van der Waals surface area contributed by atoms with Crippen LogP contribution in [0, 0.1) is 0 Å². The molecule has 2 aromatic rings. The van der Waals surface area contributed by atoms with Gasteiger partial charge < -0.3 is 16.0 Å². The number of amides is 1. The highest BCUT2D eigenvalue weighted by Gasteiger charge is 2.17. The minimum Gasteiger partial charge on any atom is -0.355 e. The Labute approximate surface area is 116 Å². The van der Waals surface area contributed by atoms with Crippen molar-refractivity contribution in [3.05, 3.63) is 17.3 Å². The normalized spacial score (nSPS) is 10.9. The van der Waals surface area contributed by atoms with E-state index < -0.39 is 0 Å². The van der Waals surface area contributed by atoms with E-state index in [9.17, 15) is 4.79 Å². The molecule has 0 aliphatic rings. The van der Waals surface area contributed by atoms with Crippen LogP contribution < -0.4 is 16.0 Å². The quantitative estimate of drug-likeness (QED) is 0.822. The van der Waals surface area contributed by atoms with E-state index in [1.54, 1.807) is 11.3 Å². The molecule has 2 heterocycles. The largest absolute Gasteiger partial charge is 0.355 e. The number of nitrogens with zero attached hydrogens (tertiary/aromatic N) is 3. The molecular formula is C12H19N5OS. The fraction of sp³-hybridized carbons (Fsp3) is 0.500. The first-order valence-electron chi connectivity index (χ1n) is 6.29. The highest BCUT2D eigenvalue weighted by molar-refractivity contribution is 7.15. The number of carbonyl (C=O) groups excluding carboxylic acids is 1. The number of carbonyl (C=O) groups is 1. The van der Waals surface area contributed by atoms with Crippen LogP contribution in [0.1, 0.15) is 19.0 Å². The molecule has 104 valence electrons. The maximum Gasteiger partial charge on any atom is 0.239 e. The van der Waals surface area contributed by atoms with E-state index in [-0.39, 0.29) is 12.5 Å². The van der Waals surface area contributed by atoms with Gasteiger partial charge in [-0.2, -0.15) is 0 Å². The highest BCUT2D eigenvalue weighted by atomic mass is 32.1. The zero-order chi connectivity index (χ0) is 13.8. The molecule has 3 N–H and O–H groups in total. The second-order valence-electron chi connectivity index (χ2n) is 4.35. The standard InChI is InChI=1S/C12H19N5OS/c1-3-4-14-10(18)8-16(2)11-9(7-13)17-5-6-19-12(17)15-11/h5-6H,3-4,7-8,13H2,1-2H3,(H,14,18). The SMILES string of the molecule is CCCNC(=O)CN(C)c1nc2sccn2c1CN. The molecule has 0 fully saturated rings. The van der Waals surface area contributed by atoms with Gasteiger partial charge in [0, 0.05) is 31.7 Å². The van der Waals surface area contributed by atoms with Gasteiger partial charge in [-0.3, -0.25) is 9.20 Å². The fourth-order valence-corrected chi connectivity index (χ4v) is 2.66. The summed E-state index contributed by atoms with van der Waals surface area (Å²) in [5.41, 5.74) is 6.72. The Kier molecular flexibility index (Phi) is 4.39. The van der Waals surface area contributed by atoms with Gasteiger partial charge in [-0.05, 0) is 6.42 Å². The summed E-state index contributed by atoms with van der Waals surface area (Å²) in [5, 5.41) is 4.83. The van der Waals surface area contributed by atoms with Crippen LogP contribution in [0.15, 0.2) is 11.6 Å². The minimum atomic E-state index is 0.00340. The number of aromatic nitrogens is 2. The number of nitrogens with two attached hydrogens (primary N) is 1. The molecule has 0 spiro atoms. The van der Waals surface area contributed by atoms with Crippen LogP contribution in [-0.4, -0.2) is 35.4 Å². The molecule has 7 heteroatoms. The molecule has 1 amide bonds. The average molecular weight is 281 g/mol. The summed E-state index contributed by atoms with van der Waals surface area (Å²) in [5.74, 6) is 0.782. The summed E-state index contributed by atoms with van der Waals surface area (Å²) in [6, 6.07) is 0. The van der Waals surface area contributed by atoms with Crippen LogP contribution in [0.3, 0.4) is 0 Å². The molecule has 0 bridgehead atoms. The lowest BCUT2D eigenvalue weighted by molar-refractivity contribution is -0.119. The van der Waals surface area contributed by atoms with Crippen LogP contribution in [0.4, 0.5) is 5.82 Å². The van der Waals surface area contributed by atoms with E-state index >= 15 is 0 Å². The fourth-order valence-electron chi connectivity index (χ4n) is 1.93. The first-order chi connectivity index (χ1) is 9.17. The van der Waals surface area contributed by atoms with Crippen LogP contribution in [0.25, 0.3) is 4.96 Å². The first kappa shape index (κ1) is 13.8. The number of hydrogen-bond acceptors (Lipinski definition) is 5. The number of imidazole rings is 1. The Morgan fingerprint density at radius 3 is 3.11 bits per heavy atom. The van der Waals surface area contributed by atoms with Crippen molar-refractivity contribution in [2.45, 2.75) is 19.9 Å². The van der Waals surface area contributed by atoms with E-state index in [1.807, 2.05) is 34.8 Å². The van der Waals surface area contributed by atoms with Gasteiger partial charge in [-0.25, -0.2) is 4.98 Å². The van der Waals surface area contributed by atoms with E-state index in [4.69, 9.17) is 5.73 Å². The van der Waals surface area contributed by atoms with Gasteiger partial charge in [-0.15, -0.1) is 11.3 Å². The number of anilines is 1. The van der Waals surface area contributed by atoms with Crippen molar-refractivity contribution >= 4 is 28.0 Å². The lowest BCUT2D eigenvalue weighted by Gasteiger charge is -2.17. The smallest absolute Gasteiger partial charge is 0.239 e. The molecule has 2 rings (SSSR count). The molecular weight excluding hydrogens is 262 g/mol. The molecule has 0 radical (unpaired) electrons. The molecule has 0 atom stereocenters. The van der Waals surface area contributed by atoms with Crippen LogP contribution >= 0.6 is 11.3 Å². The van der Waals surface area contributed by atoms with Gasteiger partial charge in [0.2, 0.25) is 5.91 Å². The molecule has 0 saturated carbocycles. The molecule has 19 heavy (non-hydrogen) atoms. The van der Waals surface area contributed by atoms with Gasteiger partial charge >= 0.3 is 0 Å². The minimum absolute atomic E-state index is 0.00340. The number of fused-ring (bicyclic) bond motifs is 1. The topological polar surface area (TPSA) is 75.7 Å². The van der Waals surface area contributed by atoms with E-state index in [1.165, 1.54) is 0 Å². The van der Waals surface area contributed by atoms with Gasteiger partial charge in [-0.1, -0.05) is 6.92 Å². The van der Waals surface area contributed by atoms with Crippen molar-refractivity contribution in [2.75, 3.05) is 25.0 Å². The Morgan fingerprint density at radius 1 is 1.63 bits per heavy atom. The summed E-state index contributed by atoms with van der Waals surface area (Å²) in [4.78, 5) is 19.0. The summed E-state index contributed by atoms with van der Waals surface area (Å²) in [7, 11) is 1.86. The predicted molar refractivity (Wildman–Crippen MR) is 77.5 cm³/mol. The predicted octanol–water partition coefficient (Wildman–Crippen LogP) is 0.817. The zero-order valence-electron chi connectivity index (χ0n) is 11.2. The van der Waals surface area contributed by atoms with E-state index in [0.29, 0.717) is 13.1 Å². The Balaban J connectivity index is 2.14. The summed E-state index contributed by atoms with van der Waals surface area (Å²) >= 11 is 1.56. The maximum absolute atomic E-state index is 11.7.